The minimum Gasteiger partial charge on any atom is -0.467 e. The lowest BCUT2D eigenvalue weighted by Gasteiger charge is -2.43. The lowest BCUT2D eigenvalue weighted by molar-refractivity contribution is -0.146. The smallest absolute Gasteiger partial charge is 0.344 e. The number of nitrogens with zero attached hydrogens (tertiary/aromatic N) is 2. The van der Waals surface area contributed by atoms with E-state index in [0.717, 1.165) is 22.0 Å². The fourth-order valence-electron chi connectivity index (χ4n) is 4.36. The van der Waals surface area contributed by atoms with Gasteiger partial charge in [-0.05, 0) is 23.3 Å². The molecule has 3 aromatic carbocycles. The van der Waals surface area contributed by atoms with E-state index >= 15 is 0 Å². The van der Waals surface area contributed by atoms with Gasteiger partial charge in [0.25, 0.3) is 5.91 Å². The first-order valence-electron chi connectivity index (χ1n) is 10.1. The lowest BCUT2D eigenvalue weighted by atomic mass is 9.68. The molecule has 1 aliphatic heterocycles. The fraction of sp³-hybridized carbons (Fsp3) is 0.115. The number of para-hydroxylation sites is 1. The van der Waals surface area contributed by atoms with Crippen molar-refractivity contribution in [2.24, 2.45) is 4.99 Å². The third-order valence-corrected chi connectivity index (χ3v) is 5.83. The number of carbonyl (C=O) groups excluding carboxylic acids is 2. The second kappa shape index (κ2) is 7.36. The Morgan fingerprint density at radius 3 is 2.23 bits per heavy atom. The third-order valence-electron chi connectivity index (χ3n) is 5.83. The number of methoxy groups -OCH3 is 1. The van der Waals surface area contributed by atoms with Gasteiger partial charge in [-0.2, -0.15) is 0 Å². The zero-order valence-corrected chi connectivity index (χ0v) is 16.9. The first kappa shape index (κ1) is 19.0. The molecule has 0 unspecified atom stereocenters. The Balaban J connectivity index is 1.73. The summed E-state index contributed by atoms with van der Waals surface area (Å²) in [7, 11) is 1.29. The summed E-state index contributed by atoms with van der Waals surface area (Å²) < 4.78 is 6.65. The molecule has 5 nitrogen and oxygen atoms in total. The van der Waals surface area contributed by atoms with E-state index in [0.29, 0.717) is 5.71 Å². The van der Waals surface area contributed by atoms with Gasteiger partial charge in [0, 0.05) is 11.6 Å². The Labute approximate surface area is 179 Å². The summed E-state index contributed by atoms with van der Waals surface area (Å²) in [4.78, 5) is 31.8. The SMILES string of the molecule is COC(=O)[C@]1(C(=O)n2ccc3ccccc32)N=C(c2ccccc2)[C@@H]1c1ccccc1. The number of hydrogen-bond donors (Lipinski definition) is 0. The number of hydrogen-bond acceptors (Lipinski definition) is 4. The van der Waals surface area contributed by atoms with E-state index in [1.165, 1.54) is 11.7 Å². The topological polar surface area (TPSA) is 60.7 Å². The summed E-state index contributed by atoms with van der Waals surface area (Å²) in [6.45, 7) is 0. The zero-order chi connectivity index (χ0) is 21.4. The van der Waals surface area contributed by atoms with Gasteiger partial charge in [0.15, 0.2) is 0 Å². The van der Waals surface area contributed by atoms with Gasteiger partial charge >= 0.3 is 5.97 Å². The lowest BCUT2D eigenvalue weighted by Crippen LogP contribution is -2.61. The Bertz CT molecular complexity index is 1310. The maximum absolute atomic E-state index is 13.9. The van der Waals surface area contributed by atoms with Crippen LogP contribution in [-0.2, 0) is 9.53 Å². The molecule has 31 heavy (non-hydrogen) atoms. The first-order valence-corrected chi connectivity index (χ1v) is 10.1. The molecule has 0 aliphatic carbocycles. The molecule has 0 amide bonds. The highest BCUT2D eigenvalue weighted by Crippen LogP contribution is 2.46. The molecule has 2 atom stereocenters. The van der Waals surface area contributed by atoms with Crippen molar-refractivity contribution < 1.29 is 14.3 Å². The summed E-state index contributed by atoms with van der Waals surface area (Å²) >= 11 is 0. The van der Waals surface area contributed by atoms with Crippen LogP contribution in [0.2, 0.25) is 0 Å². The normalized spacial score (nSPS) is 20.0. The van der Waals surface area contributed by atoms with E-state index in [-0.39, 0.29) is 0 Å². The van der Waals surface area contributed by atoms with Gasteiger partial charge in [-0.25, -0.2) is 4.79 Å². The van der Waals surface area contributed by atoms with Gasteiger partial charge in [-0.3, -0.25) is 14.4 Å². The van der Waals surface area contributed by atoms with Gasteiger partial charge in [-0.1, -0.05) is 78.9 Å². The van der Waals surface area contributed by atoms with Gasteiger partial charge in [0.2, 0.25) is 5.54 Å². The Morgan fingerprint density at radius 2 is 1.52 bits per heavy atom. The number of aromatic nitrogens is 1. The predicted molar refractivity (Wildman–Crippen MR) is 119 cm³/mol. The van der Waals surface area contributed by atoms with Crippen molar-refractivity contribution in [1.82, 2.24) is 4.57 Å². The van der Waals surface area contributed by atoms with Crippen LogP contribution in [0.3, 0.4) is 0 Å². The molecule has 152 valence electrons. The number of benzene rings is 3. The number of esters is 1. The molecule has 5 heteroatoms. The third kappa shape index (κ3) is 2.81. The van der Waals surface area contributed by atoms with Gasteiger partial charge in [0.05, 0.1) is 24.3 Å². The van der Waals surface area contributed by atoms with Crippen LogP contribution in [0.1, 0.15) is 21.8 Å². The molecular weight excluding hydrogens is 388 g/mol. The molecule has 0 spiro atoms. The highest BCUT2D eigenvalue weighted by Gasteiger charge is 2.63. The molecule has 1 aromatic heterocycles. The second-order valence-corrected chi connectivity index (χ2v) is 7.51. The van der Waals surface area contributed by atoms with Crippen LogP contribution < -0.4 is 0 Å². The van der Waals surface area contributed by atoms with E-state index in [1.807, 2.05) is 91.0 Å². The molecule has 0 saturated carbocycles. The number of aliphatic imine (C=N–C) groups is 1. The van der Waals surface area contributed by atoms with Crippen molar-refractivity contribution in [2.75, 3.05) is 7.11 Å². The molecule has 0 fully saturated rings. The van der Waals surface area contributed by atoms with Crippen molar-refractivity contribution in [3.8, 4) is 0 Å². The average molecular weight is 408 g/mol. The molecule has 0 N–H and O–H groups in total. The summed E-state index contributed by atoms with van der Waals surface area (Å²) in [5.74, 6) is -1.64. The molecule has 4 aromatic rings. The van der Waals surface area contributed by atoms with E-state index in [9.17, 15) is 9.59 Å². The van der Waals surface area contributed by atoms with E-state index in [1.54, 1.807) is 6.20 Å². The van der Waals surface area contributed by atoms with E-state index < -0.39 is 23.3 Å². The molecular formula is C26H20N2O3. The molecule has 1 aliphatic rings. The van der Waals surface area contributed by atoms with E-state index in [4.69, 9.17) is 4.74 Å². The van der Waals surface area contributed by atoms with Gasteiger partial charge in [0.1, 0.15) is 0 Å². The summed E-state index contributed by atoms with van der Waals surface area (Å²) in [6, 6.07) is 28.6. The maximum Gasteiger partial charge on any atom is 0.344 e. The second-order valence-electron chi connectivity index (χ2n) is 7.51. The Hall–Kier alpha value is -3.99. The predicted octanol–water partition coefficient (Wildman–Crippen LogP) is 4.48. The summed E-state index contributed by atoms with van der Waals surface area (Å²) in [6.07, 6.45) is 1.69. The van der Waals surface area contributed by atoms with Crippen LogP contribution in [0.4, 0.5) is 0 Å². The van der Waals surface area contributed by atoms with Crippen LogP contribution in [0.25, 0.3) is 10.9 Å². The standard InChI is InChI=1S/C26H20N2O3/c1-31-25(30)26(24(29)28-17-16-18-10-8-9-15-21(18)28)22(19-11-4-2-5-12-19)23(27-26)20-13-6-3-7-14-20/h2-17,22H,1H3/t22-,26-/m0/s1. The van der Waals surface area contributed by atoms with Crippen LogP contribution in [0.5, 0.6) is 0 Å². The summed E-state index contributed by atoms with van der Waals surface area (Å²) in [5, 5.41) is 0.915. The largest absolute Gasteiger partial charge is 0.467 e. The number of carbonyl (C=O) groups is 2. The minimum absolute atomic E-state index is 0.422. The molecule has 0 bridgehead atoms. The van der Waals surface area contributed by atoms with Crippen LogP contribution >= 0.6 is 0 Å². The average Bonchev–Trinajstić information content (AvgIpc) is 3.24. The molecule has 0 saturated heterocycles. The highest BCUT2D eigenvalue weighted by molar-refractivity contribution is 6.26. The van der Waals surface area contributed by atoms with Gasteiger partial charge < -0.3 is 4.74 Å². The van der Waals surface area contributed by atoms with Gasteiger partial charge in [-0.15, -0.1) is 0 Å². The van der Waals surface area contributed by atoms with Crippen molar-refractivity contribution in [2.45, 2.75) is 11.5 Å². The highest BCUT2D eigenvalue weighted by atomic mass is 16.5. The minimum atomic E-state index is -1.69. The molecule has 5 rings (SSSR count). The quantitative estimate of drug-likeness (QED) is 0.370. The van der Waals surface area contributed by atoms with Crippen LogP contribution in [-0.4, -0.2) is 34.8 Å². The number of ether oxygens (including phenoxy) is 1. The number of fused-ring (bicyclic) bond motifs is 1. The first-order chi connectivity index (χ1) is 15.2. The monoisotopic (exact) mass is 408 g/mol. The van der Waals surface area contributed by atoms with Crippen molar-refractivity contribution in [3.63, 3.8) is 0 Å². The fourth-order valence-corrected chi connectivity index (χ4v) is 4.36. The van der Waals surface area contributed by atoms with Crippen molar-refractivity contribution in [3.05, 3.63) is 108 Å². The van der Waals surface area contributed by atoms with Crippen molar-refractivity contribution >= 4 is 28.5 Å². The maximum atomic E-state index is 13.9. The summed E-state index contributed by atoms with van der Waals surface area (Å²) in [5.41, 5.74) is 1.45. The van der Waals surface area contributed by atoms with Crippen LogP contribution in [0.15, 0.2) is 102 Å². The Morgan fingerprint density at radius 1 is 0.871 bits per heavy atom. The Kier molecular flexibility index (Phi) is 4.51. The molecule has 2 heterocycles. The van der Waals surface area contributed by atoms with Crippen LogP contribution in [0, 0.1) is 0 Å². The number of rotatable bonds is 4. The molecule has 0 radical (unpaired) electrons. The van der Waals surface area contributed by atoms with Crippen molar-refractivity contribution in [1.29, 1.82) is 0 Å². The van der Waals surface area contributed by atoms with E-state index in [2.05, 4.69) is 4.99 Å². The zero-order valence-electron chi connectivity index (χ0n) is 16.9.